The van der Waals surface area contributed by atoms with E-state index in [4.69, 9.17) is 0 Å². The first-order chi connectivity index (χ1) is 21.1. The molecule has 250 valence electrons. The first-order valence-corrected chi connectivity index (χ1v) is 14.6. The molecule has 0 aromatic rings. The van der Waals surface area contributed by atoms with Crippen molar-refractivity contribution in [3.05, 3.63) is 24.9 Å². The van der Waals surface area contributed by atoms with Crippen LogP contribution in [0.15, 0.2) is 24.9 Å². The van der Waals surface area contributed by atoms with Crippen molar-refractivity contribution in [3.8, 4) is 0 Å². The van der Waals surface area contributed by atoms with E-state index in [1.54, 1.807) is 0 Å². The van der Waals surface area contributed by atoms with Crippen molar-refractivity contribution >= 4 is 11.9 Å². The summed E-state index contributed by atoms with van der Waals surface area (Å²) in [6.45, 7) is 6.16. The summed E-state index contributed by atoms with van der Waals surface area (Å²) in [6, 6.07) is 0.0691. The Balaban J connectivity index is 0.00000552. The normalized spacial score (nSPS) is 32.5. The van der Waals surface area contributed by atoms with Gasteiger partial charge in [0.2, 0.25) is 0 Å². The zero-order valence-corrected chi connectivity index (χ0v) is 40.6. The van der Waals surface area contributed by atoms with Gasteiger partial charge in [-0.1, -0.05) is 25.7 Å². The summed E-state index contributed by atoms with van der Waals surface area (Å²) in [5.74, 6) is -2.39. The number of nitrogens with one attached hydrogen (secondary N) is 12. The molecule has 0 radical (unpaired) electrons. The zero-order chi connectivity index (χ0) is 31.6. The number of aliphatic carboxylic acids is 2. The second kappa shape index (κ2) is 27.3. The van der Waals surface area contributed by atoms with Crippen molar-refractivity contribution < 1.29 is 246 Å². The summed E-state index contributed by atoms with van der Waals surface area (Å²) in [6.07, 6.45) is 2.19. The number of fused-ring (bicyclic) bond motifs is 1. The van der Waals surface area contributed by atoms with Gasteiger partial charge in [0.25, 0.3) is 0 Å². The largest absolute Gasteiger partial charge is 1.00 e. The first kappa shape index (κ1) is 51.7. The van der Waals surface area contributed by atoms with E-state index >= 15 is 0 Å². The minimum atomic E-state index is -1.29. The average molecular weight is 783 g/mol. The van der Waals surface area contributed by atoms with Gasteiger partial charge in [0.05, 0.1) is 11.9 Å². The van der Waals surface area contributed by atoms with E-state index in [-0.39, 0.29) is 235 Å². The zero-order valence-electron chi connectivity index (χ0n) is 28.1. The van der Waals surface area contributed by atoms with Gasteiger partial charge in [-0.15, -0.1) is 0 Å². The van der Waals surface area contributed by atoms with E-state index in [0.29, 0.717) is 5.92 Å². The van der Waals surface area contributed by atoms with E-state index in [1.807, 2.05) is 0 Å². The number of rotatable bonds is 16. The van der Waals surface area contributed by atoms with Crippen LogP contribution in [0.25, 0.3) is 0 Å². The molecule has 2 saturated heterocycles. The SMILES string of the molecule is C=C(NC1NC(NC(=C)O[O-])NC(NC2CCCC3CCCC(NC4NC(NCC(=O)[O-])NC(NCC(=O)[O-])N4)C32)N1)O[O-].[K+].[K+].[K+].[K+]. The van der Waals surface area contributed by atoms with Crippen LogP contribution in [0.4, 0.5) is 0 Å². The minimum Gasteiger partial charge on any atom is -0.663 e. The van der Waals surface area contributed by atoms with Gasteiger partial charge in [-0.05, 0) is 37.8 Å². The van der Waals surface area contributed by atoms with Gasteiger partial charge < -0.3 is 50.7 Å². The van der Waals surface area contributed by atoms with Gasteiger partial charge >= 0.3 is 206 Å². The maximum atomic E-state index is 11.0. The smallest absolute Gasteiger partial charge is 0.663 e. The van der Waals surface area contributed by atoms with Gasteiger partial charge in [-0.3, -0.25) is 53.2 Å². The Hall–Kier alpha value is 3.69. The van der Waals surface area contributed by atoms with Crippen molar-refractivity contribution in [2.45, 2.75) is 88.3 Å². The molecule has 20 nitrogen and oxygen atoms in total. The Kier molecular flexibility index (Phi) is 29.4. The minimum absolute atomic E-state index is 0. The number of hydrogen-bond donors (Lipinski definition) is 12. The second-order valence-corrected chi connectivity index (χ2v) is 11.2. The van der Waals surface area contributed by atoms with Crippen molar-refractivity contribution in [2.75, 3.05) is 13.1 Å². The molecule has 4 aliphatic rings. The molecule has 2 aliphatic heterocycles. The van der Waals surface area contributed by atoms with Crippen LogP contribution in [0.5, 0.6) is 0 Å². The third-order valence-electron chi connectivity index (χ3n) is 8.13. The molecule has 2 saturated carbocycles. The Morgan fingerprint density at radius 3 is 1.33 bits per heavy atom. The first-order valence-electron chi connectivity index (χ1n) is 14.6. The molecule has 8 unspecified atom stereocenters. The van der Waals surface area contributed by atoms with Gasteiger partial charge in [0, 0.05) is 25.2 Å². The molecule has 0 aromatic heterocycles. The molecule has 48 heavy (non-hydrogen) atoms. The van der Waals surface area contributed by atoms with Crippen molar-refractivity contribution in [3.63, 3.8) is 0 Å². The number of carboxylic acid groups (broad SMARTS) is 2. The van der Waals surface area contributed by atoms with Gasteiger partial charge in [-0.2, -0.15) is 0 Å². The van der Waals surface area contributed by atoms with E-state index in [1.165, 1.54) is 0 Å². The van der Waals surface area contributed by atoms with E-state index in [2.05, 4.69) is 86.7 Å². The summed E-state index contributed by atoms with van der Waals surface area (Å²) in [7, 11) is 0. The van der Waals surface area contributed by atoms with Crippen LogP contribution in [-0.4, -0.2) is 74.9 Å². The molecule has 12 N–H and O–H groups in total. The fourth-order valence-corrected chi connectivity index (χ4v) is 6.49. The second-order valence-electron chi connectivity index (χ2n) is 11.2. The Morgan fingerprint density at radius 2 is 0.958 bits per heavy atom. The summed E-state index contributed by atoms with van der Waals surface area (Å²) in [5, 5.41) is 81.1. The molecule has 4 fully saturated rings. The average Bonchev–Trinajstić information content (AvgIpc) is 2.99. The number of carbonyl (C=O) groups excluding carboxylic acids is 2. The van der Waals surface area contributed by atoms with Gasteiger partial charge in [-0.25, -0.2) is 0 Å². The molecule has 0 spiro atoms. The van der Waals surface area contributed by atoms with Crippen LogP contribution in [0.1, 0.15) is 38.5 Å². The third-order valence-corrected chi connectivity index (χ3v) is 8.13. The molecule has 8 atom stereocenters. The van der Waals surface area contributed by atoms with E-state index < -0.39 is 62.8 Å². The molecular formula is C24H42K4N12O8. The maximum absolute atomic E-state index is 11.0. The van der Waals surface area contributed by atoms with Crippen LogP contribution in [0.2, 0.25) is 0 Å². The summed E-state index contributed by atoms with van der Waals surface area (Å²) in [4.78, 5) is 29.9. The van der Waals surface area contributed by atoms with Crippen molar-refractivity contribution in [1.82, 2.24) is 63.8 Å². The molecule has 0 aromatic carbocycles. The van der Waals surface area contributed by atoms with E-state index in [0.717, 1.165) is 38.5 Å². The number of hydrogen-bond acceptors (Lipinski definition) is 20. The van der Waals surface area contributed by atoms with Crippen LogP contribution < -0.4 is 290 Å². The Morgan fingerprint density at radius 1 is 0.604 bits per heavy atom. The van der Waals surface area contributed by atoms with Crippen LogP contribution >= 0.6 is 0 Å². The maximum Gasteiger partial charge on any atom is 1.00 e. The molecule has 2 heterocycles. The van der Waals surface area contributed by atoms with Crippen LogP contribution in [0, 0.1) is 11.8 Å². The topological polar surface area (TPSA) is 289 Å². The summed E-state index contributed by atoms with van der Waals surface area (Å²) in [5.41, 5.74) is 0. The van der Waals surface area contributed by atoms with Crippen LogP contribution in [-0.2, 0) is 19.4 Å². The molecule has 0 amide bonds. The van der Waals surface area contributed by atoms with Crippen LogP contribution in [0.3, 0.4) is 0 Å². The summed E-state index contributed by atoms with van der Waals surface area (Å²) >= 11 is 0. The van der Waals surface area contributed by atoms with Gasteiger partial charge in [0.15, 0.2) is 11.8 Å². The Bertz CT molecular complexity index is 963. The molecule has 4 rings (SSSR count). The predicted octanol–water partition coefficient (Wildman–Crippen LogP) is -20.8. The van der Waals surface area contributed by atoms with Crippen molar-refractivity contribution in [2.24, 2.45) is 11.8 Å². The van der Waals surface area contributed by atoms with Crippen molar-refractivity contribution in [1.29, 1.82) is 0 Å². The van der Waals surface area contributed by atoms with E-state index in [9.17, 15) is 30.3 Å². The number of carbonyl (C=O) groups is 2. The molecule has 0 bridgehead atoms. The standard InChI is InChI=1S/C24H46N12O8.4K/c1-11(43-41)27-21-34-22(28-12(2)44-42)36-24(35-21)30-15-8-4-6-13-5-3-7-14(18(13)15)29-23-32-19(25-9-16(37)38)31-20(33-23)26-10-17(39)40;;;;/h13-15,18-36,41-42H,1-10H2,(H,37,38)(H,39,40);;;;/q;4*+1/p-4. The molecular weight excluding hydrogens is 741 g/mol. The summed E-state index contributed by atoms with van der Waals surface area (Å²) < 4.78 is 0. The molecule has 2 aliphatic carbocycles. The third kappa shape index (κ3) is 17.6. The monoisotopic (exact) mass is 782 g/mol. The number of carboxylic acids is 2. The Labute approximate surface area is 450 Å². The fourth-order valence-electron chi connectivity index (χ4n) is 6.49. The quantitative estimate of drug-likeness (QED) is 0.0300. The predicted molar refractivity (Wildman–Crippen MR) is 143 cm³/mol. The fraction of sp³-hybridized carbons (Fsp3) is 0.750. The van der Waals surface area contributed by atoms with Gasteiger partial charge in [0.1, 0.15) is 37.7 Å². The molecule has 24 heteroatoms.